The Kier molecular flexibility index (Phi) is 6.32. The van der Waals surface area contributed by atoms with Gasteiger partial charge in [0.25, 0.3) is 5.91 Å². The molecule has 1 amide bonds. The van der Waals surface area contributed by atoms with Crippen LogP contribution in [0.2, 0.25) is 0 Å². The normalized spacial score (nSPS) is 10.5. The van der Waals surface area contributed by atoms with Crippen LogP contribution >= 0.6 is 0 Å². The summed E-state index contributed by atoms with van der Waals surface area (Å²) in [6, 6.07) is 17.4. The van der Waals surface area contributed by atoms with Crippen LogP contribution in [-0.4, -0.2) is 25.6 Å². The number of anilines is 1. The molecule has 0 saturated heterocycles. The van der Waals surface area contributed by atoms with E-state index in [0.29, 0.717) is 17.0 Å². The molecule has 0 aliphatic rings. The molecule has 0 radical (unpaired) electrons. The highest BCUT2D eigenvalue weighted by Crippen LogP contribution is 2.15. The number of esters is 1. The van der Waals surface area contributed by atoms with Crippen LogP contribution < -0.4 is 10.1 Å². The predicted molar refractivity (Wildman–Crippen MR) is 92.6 cm³/mol. The molecule has 126 valence electrons. The maximum Gasteiger partial charge on any atom is 0.349 e. The fourth-order valence-electron chi connectivity index (χ4n) is 1.96. The van der Waals surface area contributed by atoms with Gasteiger partial charge in [-0.05, 0) is 35.9 Å². The Balaban J connectivity index is 1.96. The van der Waals surface area contributed by atoms with Crippen molar-refractivity contribution in [3.05, 3.63) is 65.7 Å². The van der Waals surface area contributed by atoms with E-state index in [4.69, 9.17) is 14.7 Å². The van der Waals surface area contributed by atoms with E-state index in [1.54, 1.807) is 54.6 Å². The minimum Gasteiger partial charge on any atom is -0.497 e. The van der Waals surface area contributed by atoms with Gasteiger partial charge in [-0.15, -0.1) is 0 Å². The summed E-state index contributed by atoms with van der Waals surface area (Å²) in [6.45, 7) is -0.481. The van der Waals surface area contributed by atoms with E-state index in [1.807, 2.05) is 6.07 Å². The maximum atomic E-state index is 12.0. The van der Waals surface area contributed by atoms with Gasteiger partial charge in [-0.2, -0.15) is 5.26 Å². The largest absolute Gasteiger partial charge is 0.497 e. The fourth-order valence-corrected chi connectivity index (χ4v) is 1.96. The molecule has 0 unspecified atom stereocenters. The Morgan fingerprint density at radius 3 is 2.60 bits per heavy atom. The summed E-state index contributed by atoms with van der Waals surface area (Å²) >= 11 is 0. The van der Waals surface area contributed by atoms with Crippen molar-refractivity contribution in [2.24, 2.45) is 0 Å². The molecule has 6 nitrogen and oxygen atoms in total. The van der Waals surface area contributed by atoms with E-state index in [0.717, 1.165) is 0 Å². The van der Waals surface area contributed by atoms with Crippen molar-refractivity contribution in [2.45, 2.75) is 0 Å². The van der Waals surface area contributed by atoms with Crippen molar-refractivity contribution in [3.63, 3.8) is 0 Å². The maximum absolute atomic E-state index is 12.0. The molecule has 2 rings (SSSR count). The smallest absolute Gasteiger partial charge is 0.349 e. The quantitative estimate of drug-likeness (QED) is 0.498. The first-order valence-corrected chi connectivity index (χ1v) is 7.40. The molecule has 0 fully saturated rings. The van der Waals surface area contributed by atoms with E-state index in [2.05, 4.69) is 5.32 Å². The molecule has 2 aromatic carbocycles. The van der Waals surface area contributed by atoms with Gasteiger partial charge in [-0.25, -0.2) is 4.79 Å². The lowest BCUT2D eigenvalue weighted by molar-refractivity contribution is -0.142. The highest BCUT2D eigenvalue weighted by Gasteiger charge is 2.13. The molecule has 0 aromatic heterocycles. The zero-order valence-corrected chi connectivity index (χ0v) is 13.6. The Hall–Kier alpha value is -3.59. The van der Waals surface area contributed by atoms with Crippen molar-refractivity contribution in [1.82, 2.24) is 0 Å². The number of hydrogen-bond donors (Lipinski definition) is 1. The molecule has 0 saturated carbocycles. The lowest BCUT2D eigenvalue weighted by Crippen LogP contribution is -2.21. The van der Waals surface area contributed by atoms with Crippen LogP contribution in [0.4, 0.5) is 5.69 Å². The number of rotatable bonds is 6. The minimum absolute atomic E-state index is 0.208. The second kappa shape index (κ2) is 8.89. The first-order valence-electron chi connectivity index (χ1n) is 7.40. The summed E-state index contributed by atoms with van der Waals surface area (Å²) in [6.07, 6.45) is 1.37. The van der Waals surface area contributed by atoms with Gasteiger partial charge in [-0.3, -0.25) is 4.79 Å². The topological polar surface area (TPSA) is 88.4 Å². The summed E-state index contributed by atoms with van der Waals surface area (Å²) in [5, 5.41) is 11.7. The molecule has 0 heterocycles. The zero-order valence-electron chi connectivity index (χ0n) is 13.6. The number of ether oxygens (including phenoxy) is 2. The molecule has 0 atom stereocenters. The summed E-state index contributed by atoms with van der Waals surface area (Å²) in [5.41, 5.74) is 0.998. The van der Waals surface area contributed by atoms with Gasteiger partial charge in [0.05, 0.1) is 7.11 Å². The summed E-state index contributed by atoms with van der Waals surface area (Å²) < 4.78 is 9.97. The van der Waals surface area contributed by atoms with E-state index in [9.17, 15) is 9.59 Å². The first-order chi connectivity index (χ1) is 12.1. The Bertz CT molecular complexity index is 823. The monoisotopic (exact) mass is 336 g/mol. The van der Waals surface area contributed by atoms with Crippen LogP contribution in [0.25, 0.3) is 6.08 Å². The third-order valence-corrected chi connectivity index (χ3v) is 3.14. The predicted octanol–water partition coefficient (Wildman–Crippen LogP) is 2.78. The number of nitrogens with one attached hydrogen (secondary N) is 1. The number of carbonyl (C=O) groups excluding carboxylic acids is 2. The van der Waals surface area contributed by atoms with Gasteiger partial charge < -0.3 is 14.8 Å². The Morgan fingerprint density at radius 2 is 1.92 bits per heavy atom. The summed E-state index contributed by atoms with van der Waals surface area (Å²) in [4.78, 5) is 23.7. The van der Waals surface area contributed by atoms with Crippen molar-refractivity contribution in [2.75, 3.05) is 19.0 Å². The number of benzene rings is 2. The first kappa shape index (κ1) is 17.8. The fraction of sp³-hybridized carbons (Fsp3) is 0.105. The van der Waals surface area contributed by atoms with Crippen LogP contribution in [0.5, 0.6) is 5.75 Å². The molecule has 6 heteroatoms. The van der Waals surface area contributed by atoms with Crippen molar-refractivity contribution in [1.29, 1.82) is 5.26 Å². The number of methoxy groups -OCH3 is 1. The lowest BCUT2D eigenvalue weighted by atomic mass is 10.1. The summed E-state index contributed by atoms with van der Waals surface area (Å²) in [5.74, 6) is -0.756. The Morgan fingerprint density at radius 1 is 1.16 bits per heavy atom. The van der Waals surface area contributed by atoms with Crippen molar-refractivity contribution in [3.8, 4) is 11.8 Å². The minimum atomic E-state index is -0.867. The highest BCUT2D eigenvalue weighted by molar-refractivity contribution is 6.00. The molecule has 0 bridgehead atoms. The van der Waals surface area contributed by atoms with E-state index in [-0.39, 0.29) is 5.57 Å². The second-order valence-corrected chi connectivity index (χ2v) is 4.94. The molecule has 0 aliphatic heterocycles. The third kappa shape index (κ3) is 5.52. The molecule has 1 N–H and O–H groups in total. The molecular weight excluding hydrogens is 320 g/mol. The van der Waals surface area contributed by atoms with E-state index < -0.39 is 18.5 Å². The highest BCUT2D eigenvalue weighted by atomic mass is 16.5. The molecule has 0 spiro atoms. The number of nitriles is 1. The van der Waals surface area contributed by atoms with Crippen molar-refractivity contribution < 1.29 is 19.1 Å². The van der Waals surface area contributed by atoms with Gasteiger partial charge in [0.15, 0.2) is 6.61 Å². The van der Waals surface area contributed by atoms with Gasteiger partial charge in [0, 0.05) is 5.69 Å². The van der Waals surface area contributed by atoms with Gasteiger partial charge in [0.1, 0.15) is 17.4 Å². The van der Waals surface area contributed by atoms with Crippen LogP contribution in [-0.2, 0) is 14.3 Å². The van der Waals surface area contributed by atoms with Crippen LogP contribution in [0.1, 0.15) is 5.56 Å². The number of para-hydroxylation sites is 1. The van der Waals surface area contributed by atoms with Gasteiger partial charge in [-0.1, -0.05) is 30.3 Å². The van der Waals surface area contributed by atoms with Crippen molar-refractivity contribution >= 4 is 23.6 Å². The molecule has 25 heavy (non-hydrogen) atoms. The second-order valence-electron chi connectivity index (χ2n) is 4.94. The number of amides is 1. The number of nitrogens with zero attached hydrogens (tertiary/aromatic N) is 1. The standard InChI is InChI=1S/C19H16N2O4/c1-24-17-9-5-6-14(11-17)10-15(12-20)19(23)25-13-18(22)21-16-7-3-2-4-8-16/h2-11H,13H2,1H3,(H,21,22)/b15-10+. The Labute approximate surface area is 145 Å². The van der Waals surface area contributed by atoms with E-state index in [1.165, 1.54) is 13.2 Å². The lowest BCUT2D eigenvalue weighted by Gasteiger charge is -2.06. The number of hydrogen-bond acceptors (Lipinski definition) is 5. The molecule has 0 aliphatic carbocycles. The van der Waals surface area contributed by atoms with Gasteiger partial charge >= 0.3 is 5.97 Å². The van der Waals surface area contributed by atoms with Crippen LogP contribution in [0.15, 0.2) is 60.2 Å². The number of carbonyl (C=O) groups is 2. The van der Waals surface area contributed by atoms with E-state index >= 15 is 0 Å². The zero-order chi connectivity index (χ0) is 18.1. The molecular formula is C19H16N2O4. The van der Waals surface area contributed by atoms with Crippen LogP contribution in [0.3, 0.4) is 0 Å². The van der Waals surface area contributed by atoms with Gasteiger partial charge in [0.2, 0.25) is 0 Å². The van der Waals surface area contributed by atoms with Crippen LogP contribution in [0, 0.1) is 11.3 Å². The SMILES string of the molecule is COc1cccc(/C=C(\C#N)C(=O)OCC(=O)Nc2ccccc2)c1. The molecule has 2 aromatic rings. The average Bonchev–Trinajstić information content (AvgIpc) is 2.65. The summed E-state index contributed by atoms with van der Waals surface area (Å²) in [7, 11) is 1.52. The third-order valence-electron chi connectivity index (χ3n) is 3.14. The average molecular weight is 336 g/mol.